The van der Waals surface area contributed by atoms with Crippen LogP contribution in [0.25, 0.3) is 11.2 Å². The quantitative estimate of drug-likeness (QED) is 0.311. The normalized spacial score (nSPS) is 26.7. The molecule has 4 heterocycles. The van der Waals surface area contributed by atoms with Crippen LogP contribution in [0, 0.1) is 17.3 Å². The largest absolute Gasteiger partial charge is 0.481 e. The number of oxazole rings is 1. The zero-order valence-corrected chi connectivity index (χ0v) is 24.2. The van der Waals surface area contributed by atoms with Gasteiger partial charge in [0.25, 0.3) is 6.01 Å². The second-order valence-corrected chi connectivity index (χ2v) is 12.9. The molecular weight excluding hydrogens is 561 g/mol. The van der Waals surface area contributed by atoms with Gasteiger partial charge in [-0.25, -0.2) is 4.98 Å². The lowest BCUT2D eigenvalue weighted by Crippen LogP contribution is -2.58. The van der Waals surface area contributed by atoms with E-state index in [0.717, 1.165) is 51.0 Å². The topological polar surface area (TPSA) is 94.7 Å². The van der Waals surface area contributed by atoms with Crippen molar-refractivity contribution in [1.82, 2.24) is 14.9 Å². The van der Waals surface area contributed by atoms with Gasteiger partial charge in [0.1, 0.15) is 5.69 Å². The van der Waals surface area contributed by atoms with Crippen LogP contribution in [-0.2, 0) is 4.79 Å². The molecule has 208 valence electrons. The first-order chi connectivity index (χ1) is 18.6. The number of hydrogen-bond acceptors (Lipinski definition) is 7. The third kappa shape index (κ3) is 5.05. The highest BCUT2D eigenvalue weighted by Gasteiger charge is 2.49. The Morgan fingerprint density at radius 1 is 1.18 bits per heavy atom. The first-order valence-electron chi connectivity index (χ1n) is 13.5. The molecule has 1 saturated carbocycles. The van der Waals surface area contributed by atoms with E-state index in [0.29, 0.717) is 55.9 Å². The van der Waals surface area contributed by atoms with Crippen molar-refractivity contribution in [3.8, 4) is 0 Å². The fourth-order valence-corrected chi connectivity index (χ4v) is 7.16. The fraction of sp³-hybridized carbons (Fsp3) is 0.536. The van der Waals surface area contributed by atoms with Crippen molar-refractivity contribution in [2.24, 2.45) is 17.3 Å². The Hall–Kier alpha value is -2.26. The zero-order valence-electron chi connectivity index (χ0n) is 22.0. The average molecular weight is 593 g/mol. The lowest BCUT2D eigenvalue weighted by Gasteiger charge is -2.52. The fourth-order valence-electron chi connectivity index (χ4n) is 6.40. The van der Waals surface area contributed by atoms with Gasteiger partial charge in [-0.15, -0.1) is 0 Å². The first kappa shape index (κ1) is 26.9. The Morgan fingerprint density at radius 2 is 1.95 bits per heavy atom. The highest BCUT2D eigenvalue weighted by Crippen LogP contribution is 2.46. The molecule has 6 rings (SSSR count). The van der Waals surface area contributed by atoms with E-state index in [4.69, 9.17) is 39.2 Å². The van der Waals surface area contributed by atoms with Gasteiger partial charge in [0.2, 0.25) is 5.65 Å². The molecule has 11 heteroatoms. The molecule has 3 fully saturated rings. The van der Waals surface area contributed by atoms with Gasteiger partial charge >= 0.3 is 5.97 Å². The standard InChI is InChI=1S/C28H32Cl3N5O3/c1-15(20-6-5-18(29)8-21(20)30)33-23-22(31)11-32-25-24(23)39-27(34-25)36-13-17(14-36)16-4-3-7-35(12-16)19-9-28(2,10-19)26(37)38/h5-6,8,11,15-17,19H,3-4,7,9-10,12-14H2,1-2H3,(H,32,33)(H,37,38)/t15-,16+,19?,28?/m1/s1. The Bertz CT molecular complexity index is 1400. The molecule has 1 aromatic carbocycles. The second-order valence-electron chi connectivity index (χ2n) is 11.7. The summed E-state index contributed by atoms with van der Waals surface area (Å²) in [6, 6.07) is 6.22. The molecule has 0 bridgehead atoms. The highest BCUT2D eigenvalue weighted by atomic mass is 35.5. The maximum Gasteiger partial charge on any atom is 0.309 e. The number of benzene rings is 1. The molecule has 2 saturated heterocycles. The summed E-state index contributed by atoms with van der Waals surface area (Å²) in [6.07, 6.45) is 5.46. The molecule has 0 unspecified atom stereocenters. The molecule has 3 aromatic rings. The molecule has 3 aliphatic rings. The lowest BCUT2D eigenvalue weighted by molar-refractivity contribution is -0.158. The van der Waals surface area contributed by atoms with Crippen molar-refractivity contribution in [2.75, 3.05) is 36.4 Å². The third-order valence-electron chi connectivity index (χ3n) is 8.90. The number of pyridine rings is 1. The van der Waals surface area contributed by atoms with Crippen LogP contribution in [0.4, 0.5) is 11.7 Å². The summed E-state index contributed by atoms with van der Waals surface area (Å²) in [5.41, 5.74) is 2.00. The number of nitrogens with zero attached hydrogens (tertiary/aromatic N) is 4. The van der Waals surface area contributed by atoms with Crippen LogP contribution >= 0.6 is 34.8 Å². The smallest absolute Gasteiger partial charge is 0.309 e. The van der Waals surface area contributed by atoms with Crippen LogP contribution in [0.15, 0.2) is 28.8 Å². The number of aliphatic carboxylic acids is 1. The number of anilines is 2. The van der Waals surface area contributed by atoms with Gasteiger partial charge < -0.3 is 24.6 Å². The van der Waals surface area contributed by atoms with Crippen LogP contribution in [0.3, 0.4) is 0 Å². The molecule has 0 radical (unpaired) electrons. The van der Waals surface area contributed by atoms with Crippen molar-refractivity contribution < 1.29 is 14.3 Å². The minimum atomic E-state index is -0.669. The van der Waals surface area contributed by atoms with Gasteiger partial charge in [0.05, 0.1) is 22.7 Å². The van der Waals surface area contributed by atoms with Crippen molar-refractivity contribution in [3.05, 3.63) is 45.0 Å². The number of halogens is 3. The maximum atomic E-state index is 11.5. The van der Waals surface area contributed by atoms with Crippen LogP contribution in [0.5, 0.6) is 0 Å². The van der Waals surface area contributed by atoms with E-state index in [1.165, 1.54) is 6.42 Å². The summed E-state index contributed by atoms with van der Waals surface area (Å²) < 4.78 is 6.22. The van der Waals surface area contributed by atoms with E-state index in [1.54, 1.807) is 12.3 Å². The minimum Gasteiger partial charge on any atom is -0.481 e. The number of hydrogen-bond donors (Lipinski definition) is 2. The summed E-state index contributed by atoms with van der Waals surface area (Å²) in [7, 11) is 0. The number of fused-ring (bicyclic) bond motifs is 1. The average Bonchev–Trinajstić information content (AvgIpc) is 3.27. The van der Waals surface area contributed by atoms with Gasteiger partial charge in [-0.1, -0.05) is 40.9 Å². The first-order valence-corrected chi connectivity index (χ1v) is 14.6. The maximum absolute atomic E-state index is 11.5. The summed E-state index contributed by atoms with van der Waals surface area (Å²) in [5, 5.41) is 14.5. The Balaban J connectivity index is 1.11. The summed E-state index contributed by atoms with van der Waals surface area (Å²) >= 11 is 19.0. The molecule has 2 aromatic heterocycles. The monoisotopic (exact) mass is 591 g/mol. The van der Waals surface area contributed by atoms with Gasteiger partial charge in [-0.3, -0.25) is 4.79 Å². The highest BCUT2D eigenvalue weighted by molar-refractivity contribution is 6.35. The predicted octanol–water partition coefficient (Wildman–Crippen LogP) is 6.76. The molecular formula is C28H32Cl3N5O3. The number of rotatable bonds is 7. The van der Waals surface area contributed by atoms with Crippen molar-refractivity contribution in [3.63, 3.8) is 0 Å². The molecule has 1 aliphatic carbocycles. The number of likely N-dealkylation sites (tertiary alicyclic amines) is 1. The molecule has 8 nitrogen and oxygen atoms in total. The predicted molar refractivity (Wildman–Crippen MR) is 154 cm³/mol. The van der Waals surface area contributed by atoms with Crippen molar-refractivity contribution >= 4 is 63.7 Å². The SMILES string of the molecule is C[C@@H](Nc1c(Cl)cnc2nc(N3CC([C@H]4CCCN(C5CC(C)(C(=O)O)C5)C4)C3)oc12)c1ccc(Cl)cc1Cl. The number of carboxylic acids is 1. The summed E-state index contributed by atoms with van der Waals surface area (Å²) in [5.74, 6) is 0.499. The number of piperidine rings is 1. The zero-order chi connectivity index (χ0) is 27.5. The van der Waals surface area contributed by atoms with Crippen LogP contribution in [0.2, 0.25) is 15.1 Å². The second kappa shape index (κ2) is 10.3. The van der Waals surface area contributed by atoms with Gasteiger partial charge in [0.15, 0.2) is 5.58 Å². The van der Waals surface area contributed by atoms with Crippen LogP contribution in [0.1, 0.15) is 51.1 Å². The summed E-state index contributed by atoms with van der Waals surface area (Å²) in [6.45, 7) is 7.75. The molecule has 0 amide bonds. The van der Waals surface area contributed by atoms with E-state index in [1.807, 2.05) is 26.0 Å². The minimum absolute atomic E-state index is 0.155. The molecule has 0 spiro atoms. The Morgan fingerprint density at radius 3 is 2.67 bits per heavy atom. The van der Waals surface area contributed by atoms with E-state index in [9.17, 15) is 9.90 Å². The Kier molecular flexibility index (Phi) is 7.11. The van der Waals surface area contributed by atoms with Crippen LogP contribution < -0.4 is 10.2 Å². The number of aromatic nitrogens is 2. The third-order valence-corrected chi connectivity index (χ3v) is 9.74. The van der Waals surface area contributed by atoms with E-state index in [-0.39, 0.29) is 6.04 Å². The number of nitrogens with one attached hydrogen (secondary N) is 1. The lowest BCUT2D eigenvalue weighted by atomic mass is 9.65. The molecule has 2 N–H and O–H groups in total. The van der Waals surface area contributed by atoms with Crippen molar-refractivity contribution in [1.29, 1.82) is 0 Å². The van der Waals surface area contributed by atoms with Gasteiger partial charge in [-0.05, 0) is 75.6 Å². The molecule has 39 heavy (non-hydrogen) atoms. The van der Waals surface area contributed by atoms with Gasteiger partial charge in [0, 0.05) is 35.7 Å². The molecule has 2 aliphatic heterocycles. The van der Waals surface area contributed by atoms with E-state index in [2.05, 4.69) is 25.1 Å². The van der Waals surface area contributed by atoms with Crippen LogP contribution in [-0.4, -0.2) is 58.2 Å². The van der Waals surface area contributed by atoms with E-state index < -0.39 is 11.4 Å². The Labute approximate surface area is 242 Å². The van der Waals surface area contributed by atoms with E-state index >= 15 is 0 Å². The van der Waals surface area contributed by atoms with Crippen molar-refractivity contribution in [2.45, 2.75) is 51.6 Å². The summed E-state index contributed by atoms with van der Waals surface area (Å²) in [4.78, 5) is 25.3. The molecule has 2 atom stereocenters. The van der Waals surface area contributed by atoms with Gasteiger partial charge in [-0.2, -0.15) is 4.98 Å². The number of carboxylic acid groups (broad SMARTS) is 1. The number of carbonyl (C=O) groups is 1.